The molecule has 0 spiro atoms. The first-order valence-corrected chi connectivity index (χ1v) is 3.71. The Balaban J connectivity index is 4.08. The molecule has 1 heteroatoms. The Morgan fingerprint density at radius 3 is 2.00 bits per heavy atom. The van der Waals surface area contributed by atoms with E-state index in [0.717, 1.165) is 5.71 Å². The van der Waals surface area contributed by atoms with E-state index >= 15 is 0 Å². The molecule has 0 fully saturated rings. The van der Waals surface area contributed by atoms with Crippen LogP contribution in [0, 0.1) is 0 Å². The zero-order valence-corrected chi connectivity index (χ0v) is 7.60. The van der Waals surface area contributed by atoms with Crippen LogP contribution in [0.2, 0.25) is 0 Å². The molecule has 0 aromatic heterocycles. The number of aliphatic imine (C=N–C) groups is 1. The lowest BCUT2D eigenvalue weighted by molar-refractivity contribution is 0.836. The summed E-state index contributed by atoms with van der Waals surface area (Å²) in [5.41, 5.74) is 2.43. The molecular weight excluding hydrogens is 122 g/mol. The highest BCUT2D eigenvalue weighted by atomic mass is 14.8. The van der Waals surface area contributed by atoms with E-state index in [4.69, 9.17) is 0 Å². The summed E-state index contributed by atoms with van der Waals surface area (Å²) in [6.07, 6.45) is 2.10. The van der Waals surface area contributed by atoms with Crippen molar-refractivity contribution in [1.29, 1.82) is 0 Å². The Labute approximate surface area is 63.9 Å². The topological polar surface area (TPSA) is 12.4 Å². The first-order valence-electron chi connectivity index (χ1n) is 3.71. The minimum Gasteiger partial charge on any atom is -0.287 e. The SMILES string of the molecule is CC(C)=CC(C)=NC(C)C. The van der Waals surface area contributed by atoms with E-state index in [-0.39, 0.29) is 0 Å². The Bertz CT molecular complexity index is 148. The number of hydrogen-bond acceptors (Lipinski definition) is 1. The average molecular weight is 139 g/mol. The number of hydrogen-bond donors (Lipinski definition) is 0. The molecule has 0 saturated heterocycles. The normalized spacial score (nSPS) is 12.0. The van der Waals surface area contributed by atoms with Crippen LogP contribution in [0.4, 0.5) is 0 Å². The lowest BCUT2D eigenvalue weighted by Crippen LogP contribution is -1.94. The Kier molecular flexibility index (Phi) is 4.01. The fourth-order valence-electron chi connectivity index (χ4n) is 0.862. The highest BCUT2D eigenvalue weighted by Crippen LogP contribution is 1.94. The van der Waals surface area contributed by atoms with Crippen LogP contribution in [-0.4, -0.2) is 11.8 Å². The van der Waals surface area contributed by atoms with Gasteiger partial charge >= 0.3 is 0 Å². The molecule has 0 aliphatic rings. The lowest BCUT2D eigenvalue weighted by Gasteiger charge is -1.97. The first kappa shape index (κ1) is 9.41. The van der Waals surface area contributed by atoms with Crippen LogP contribution in [0.15, 0.2) is 16.6 Å². The van der Waals surface area contributed by atoms with Crippen LogP contribution in [0.1, 0.15) is 34.6 Å². The van der Waals surface area contributed by atoms with Crippen molar-refractivity contribution in [2.24, 2.45) is 4.99 Å². The number of rotatable bonds is 2. The summed E-state index contributed by atoms with van der Waals surface area (Å²) >= 11 is 0. The molecule has 1 nitrogen and oxygen atoms in total. The Morgan fingerprint density at radius 2 is 1.70 bits per heavy atom. The van der Waals surface area contributed by atoms with Gasteiger partial charge in [-0.25, -0.2) is 0 Å². The molecule has 0 saturated carbocycles. The fraction of sp³-hybridized carbons (Fsp3) is 0.667. The second-order valence-electron chi connectivity index (χ2n) is 3.09. The van der Waals surface area contributed by atoms with Gasteiger partial charge in [-0.15, -0.1) is 0 Å². The minimum absolute atomic E-state index is 0.413. The second-order valence-corrected chi connectivity index (χ2v) is 3.09. The molecular formula is C9H17N. The van der Waals surface area contributed by atoms with Crippen molar-refractivity contribution in [2.45, 2.75) is 40.7 Å². The van der Waals surface area contributed by atoms with Crippen LogP contribution in [0.25, 0.3) is 0 Å². The van der Waals surface area contributed by atoms with E-state index in [2.05, 4.69) is 38.8 Å². The molecule has 10 heavy (non-hydrogen) atoms. The molecule has 0 rings (SSSR count). The van der Waals surface area contributed by atoms with E-state index in [1.807, 2.05) is 6.92 Å². The van der Waals surface area contributed by atoms with Crippen molar-refractivity contribution in [3.05, 3.63) is 11.6 Å². The van der Waals surface area contributed by atoms with Gasteiger partial charge in [0.05, 0.1) is 0 Å². The highest BCUT2D eigenvalue weighted by Gasteiger charge is 1.88. The van der Waals surface area contributed by atoms with E-state index in [1.54, 1.807) is 0 Å². The monoisotopic (exact) mass is 139 g/mol. The van der Waals surface area contributed by atoms with Gasteiger partial charge in [-0.2, -0.15) is 0 Å². The maximum atomic E-state index is 4.36. The molecule has 0 aromatic carbocycles. The van der Waals surface area contributed by atoms with Crippen LogP contribution >= 0.6 is 0 Å². The zero-order valence-electron chi connectivity index (χ0n) is 7.60. The molecule has 0 heterocycles. The summed E-state index contributed by atoms with van der Waals surface area (Å²) in [6.45, 7) is 10.4. The van der Waals surface area contributed by atoms with Crippen LogP contribution in [0.3, 0.4) is 0 Å². The molecule has 0 aliphatic carbocycles. The van der Waals surface area contributed by atoms with Gasteiger partial charge in [0.15, 0.2) is 0 Å². The first-order chi connectivity index (χ1) is 4.52. The van der Waals surface area contributed by atoms with Gasteiger partial charge in [-0.3, -0.25) is 4.99 Å². The van der Waals surface area contributed by atoms with Gasteiger partial charge in [0.25, 0.3) is 0 Å². The van der Waals surface area contributed by atoms with Crippen molar-refractivity contribution in [1.82, 2.24) is 0 Å². The average Bonchev–Trinajstić information content (AvgIpc) is 1.58. The molecule has 0 aromatic rings. The molecule has 0 radical (unpaired) electrons. The van der Waals surface area contributed by atoms with Gasteiger partial charge in [0.2, 0.25) is 0 Å². The van der Waals surface area contributed by atoms with Gasteiger partial charge in [0, 0.05) is 11.8 Å². The summed E-state index contributed by atoms with van der Waals surface area (Å²) < 4.78 is 0. The van der Waals surface area contributed by atoms with E-state index in [9.17, 15) is 0 Å². The van der Waals surface area contributed by atoms with Crippen molar-refractivity contribution in [2.75, 3.05) is 0 Å². The van der Waals surface area contributed by atoms with Crippen LogP contribution in [-0.2, 0) is 0 Å². The maximum absolute atomic E-state index is 4.36. The molecule has 0 atom stereocenters. The zero-order chi connectivity index (χ0) is 8.15. The third kappa shape index (κ3) is 5.54. The maximum Gasteiger partial charge on any atom is 0.0446 e. The minimum atomic E-state index is 0.413. The van der Waals surface area contributed by atoms with Gasteiger partial charge in [-0.1, -0.05) is 5.57 Å². The Hall–Kier alpha value is -0.590. The van der Waals surface area contributed by atoms with E-state index < -0.39 is 0 Å². The van der Waals surface area contributed by atoms with E-state index in [0.29, 0.717) is 6.04 Å². The molecule has 0 amide bonds. The van der Waals surface area contributed by atoms with E-state index in [1.165, 1.54) is 5.57 Å². The summed E-state index contributed by atoms with van der Waals surface area (Å²) in [6, 6.07) is 0.413. The quantitative estimate of drug-likeness (QED) is 0.522. The molecule has 0 bridgehead atoms. The molecule has 0 aliphatic heterocycles. The van der Waals surface area contributed by atoms with Crippen LogP contribution < -0.4 is 0 Å². The summed E-state index contributed by atoms with van der Waals surface area (Å²) in [5, 5.41) is 0. The number of allylic oxidation sites excluding steroid dienone is 2. The van der Waals surface area contributed by atoms with Crippen molar-refractivity contribution >= 4 is 5.71 Å². The molecule has 0 unspecified atom stereocenters. The summed E-state index contributed by atoms with van der Waals surface area (Å²) in [4.78, 5) is 4.36. The molecule has 58 valence electrons. The van der Waals surface area contributed by atoms with Gasteiger partial charge in [0.1, 0.15) is 0 Å². The van der Waals surface area contributed by atoms with Crippen LogP contribution in [0.5, 0.6) is 0 Å². The highest BCUT2D eigenvalue weighted by molar-refractivity contribution is 5.93. The predicted molar refractivity (Wildman–Crippen MR) is 47.7 cm³/mol. The smallest absolute Gasteiger partial charge is 0.0446 e. The summed E-state index contributed by atoms with van der Waals surface area (Å²) in [7, 11) is 0. The lowest BCUT2D eigenvalue weighted by atomic mass is 10.2. The standard InChI is InChI=1S/C9H17N/c1-7(2)6-9(5)10-8(3)4/h6,8H,1-5H3. The third-order valence-corrected chi connectivity index (χ3v) is 0.959. The summed E-state index contributed by atoms with van der Waals surface area (Å²) in [5.74, 6) is 0. The van der Waals surface area contributed by atoms with Gasteiger partial charge < -0.3 is 0 Å². The van der Waals surface area contributed by atoms with Gasteiger partial charge in [-0.05, 0) is 40.7 Å². The van der Waals surface area contributed by atoms with Crippen molar-refractivity contribution < 1.29 is 0 Å². The van der Waals surface area contributed by atoms with Crippen molar-refractivity contribution in [3.63, 3.8) is 0 Å². The fourth-order valence-corrected chi connectivity index (χ4v) is 0.862. The largest absolute Gasteiger partial charge is 0.287 e. The molecule has 0 N–H and O–H groups in total. The second kappa shape index (κ2) is 4.26. The number of nitrogens with zero attached hydrogens (tertiary/aromatic N) is 1. The van der Waals surface area contributed by atoms with Crippen molar-refractivity contribution in [3.8, 4) is 0 Å². The predicted octanol–water partition coefficient (Wildman–Crippen LogP) is 2.82. The third-order valence-electron chi connectivity index (χ3n) is 0.959. The Morgan fingerprint density at radius 1 is 1.20 bits per heavy atom.